The Morgan fingerprint density at radius 3 is 2.70 bits per heavy atom. The lowest BCUT2D eigenvalue weighted by Gasteiger charge is -2.04. The Morgan fingerprint density at radius 1 is 1.22 bits per heavy atom. The van der Waals surface area contributed by atoms with Gasteiger partial charge >= 0.3 is 0 Å². The van der Waals surface area contributed by atoms with Crippen molar-refractivity contribution < 1.29 is 4.79 Å². The van der Waals surface area contributed by atoms with Crippen molar-refractivity contribution in [3.63, 3.8) is 0 Å². The number of rotatable bonds is 3. The van der Waals surface area contributed by atoms with Crippen LogP contribution < -0.4 is 5.32 Å². The lowest BCUT2D eigenvalue weighted by molar-refractivity contribution is 0.102. The summed E-state index contributed by atoms with van der Waals surface area (Å²) >= 11 is 5.94. The van der Waals surface area contributed by atoms with Crippen LogP contribution in [0, 0.1) is 11.3 Å². The summed E-state index contributed by atoms with van der Waals surface area (Å²) < 4.78 is 0. The van der Waals surface area contributed by atoms with E-state index in [0.717, 1.165) is 5.69 Å². The summed E-state index contributed by atoms with van der Waals surface area (Å²) in [6.07, 6.45) is 1.38. The molecule has 0 radical (unpaired) electrons. The minimum absolute atomic E-state index is 0.175. The van der Waals surface area contributed by atoms with E-state index in [1.165, 1.54) is 17.1 Å². The maximum absolute atomic E-state index is 12.2. The predicted octanol–water partition coefficient (Wildman–Crippen LogP) is 3.04. The first-order valence-corrected chi connectivity index (χ1v) is 7.04. The molecule has 2 aromatic carbocycles. The fourth-order valence-corrected chi connectivity index (χ4v) is 2.15. The number of aromatic nitrogens is 3. The summed E-state index contributed by atoms with van der Waals surface area (Å²) in [5.74, 6) is -0.409. The third kappa shape index (κ3) is 3.20. The Morgan fingerprint density at radius 2 is 2.00 bits per heavy atom. The molecular weight excluding hydrogens is 314 g/mol. The Labute approximate surface area is 136 Å². The summed E-state index contributed by atoms with van der Waals surface area (Å²) in [5.41, 5.74) is 1.76. The zero-order valence-electron chi connectivity index (χ0n) is 11.8. The van der Waals surface area contributed by atoms with Gasteiger partial charge in [-0.25, -0.2) is 0 Å². The lowest BCUT2D eigenvalue weighted by atomic mass is 10.2. The number of hydrogen-bond acceptors (Lipinski definition) is 4. The molecule has 1 heterocycles. The monoisotopic (exact) mass is 323 g/mol. The van der Waals surface area contributed by atoms with Crippen LogP contribution in [-0.4, -0.2) is 20.9 Å². The Balaban J connectivity index is 1.78. The van der Waals surface area contributed by atoms with Gasteiger partial charge in [0.2, 0.25) is 0 Å². The summed E-state index contributed by atoms with van der Waals surface area (Å²) in [6, 6.07) is 15.9. The number of nitrogens with zero attached hydrogens (tertiary/aromatic N) is 4. The van der Waals surface area contributed by atoms with Crippen molar-refractivity contribution in [1.29, 1.82) is 5.26 Å². The van der Waals surface area contributed by atoms with E-state index in [4.69, 9.17) is 16.9 Å². The van der Waals surface area contributed by atoms with Crippen LogP contribution in [0.15, 0.2) is 54.7 Å². The third-order valence-corrected chi connectivity index (χ3v) is 3.37. The van der Waals surface area contributed by atoms with E-state index in [1.807, 2.05) is 36.4 Å². The van der Waals surface area contributed by atoms with Crippen LogP contribution in [0.2, 0.25) is 5.02 Å². The number of carbonyl (C=O) groups is 1. The quantitative estimate of drug-likeness (QED) is 0.803. The molecule has 0 spiro atoms. The van der Waals surface area contributed by atoms with Gasteiger partial charge in [-0.2, -0.15) is 15.2 Å². The van der Waals surface area contributed by atoms with E-state index in [9.17, 15) is 4.79 Å². The Kier molecular flexibility index (Phi) is 4.04. The molecule has 6 nitrogen and oxygen atoms in total. The molecule has 0 fully saturated rings. The van der Waals surface area contributed by atoms with Gasteiger partial charge in [0.15, 0.2) is 5.69 Å². The van der Waals surface area contributed by atoms with Crippen LogP contribution in [-0.2, 0) is 0 Å². The summed E-state index contributed by atoms with van der Waals surface area (Å²) in [7, 11) is 0. The van der Waals surface area contributed by atoms with Gasteiger partial charge in [0, 0.05) is 5.69 Å². The van der Waals surface area contributed by atoms with Gasteiger partial charge in [-0.1, -0.05) is 29.8 Å². The molecule has 0 saturated carbocycles. The second kappa shape index (κ2) is 6.30. The molecule has 0 saturated heterocycles. The summed E-state index contributed by atoms with van der Waals surface area (Å²) in [5, 5.41) is 20.0. The van der Waals surface area contributed by atoms with Gasteiger partial charge in [-0.15, -0.1) is 5.10 Å². The summed E-state index contributed by atoms with van der Waals surface area (Å²) in [4.78, 5) is 13.6. The Bertz CT molecular complexity index is 898. The molecule has 0 bridgehead atoms. The van der Waals surface area contributed by atoms with Gasteiger partial charge < -0.3 is 5.32 Å². The number of benzene rings is 2. The second-order valence-corrected chi connectivity index (χ2v) is 5.02. The lowest BCUT2D eigenvalue weighted by Crippen LogP contribution is -2.13. The van der Waals surface area contributed by atoms with Crippen molar-refractivity contribution in [1.82, 2.24) is 15.0 Å². The van der Waals surface area contributed by atoms with Crippen LogP contribution in [0.1, 0.15) is 16.1 Å². The maximum atomic E-state index is 12.2. The number of nitriles is 1. The molecular formula is C16H10ClN5O. The first kappa shape index (κ1) is 14.8. The van der Waals surface area contributed by atoms with Crippen molar-refractivity contribution in [3.05, 3.63) is 71.0 Å². The Hall–Kier alpha value is -3.17. The van der Waals surface area contributed by atoms with Crippen molar-refractivity contribution in [2.75, 3.05) is 5.32 Å². The molecule has 0 aliphatic rings. The SMILES string of the molecule is N#Cc1ccc(NC(=O)c2cnn(-c3ccccc3)n2)cc1Cl. The minimum Gasteiger partial charge on any atom is -0.320 e. The van der Waals surface area contributed by atoms with E-state index in [2.05, 4.69) is 15.5 Å². The van der Waals surface area contributed by atoms with Gasteiger partial charge in [0.05, 0.1) is 22.5 Å². The first-order chi connectivity index (χ1) is 11.2. The van der Waals surface area contributed by atoms with Crippen LogP contribution in [0.4, 0.5) is 5.69 Å². The topological polar surface area (TPSA) is 83.6 Å². The van der Waals surface area contributed by atoms with E-state index < -0.39 is 5.91 Å². The normalized spacial score (nSPS) is 10.1. The molecule has 0 unspecified atom stereocenters. The molecule has 112 valence electrons. The molecule has 1 aromatic heterocycles. The highest BCUT2D eigenvalue weighted by atomic mass is 35.5. The van der Waals surface area contributed by atoms with Crippen LogP contribution in [0.25, 0.3) is 5.69 Å². The number of carbonyl (C=O) groups excluding carboxylic acids is 1. The summed E-state index contributed by atoms with van der Waals surface area (Å²) in [6.45, 7) is 0. The zero-order chi connectivity index (χ0) is 16.2. The first-order valence-electron chi connectivity index (χ1n) is 6.66. The third-order valence-electron chi connectivity index (χ3n) is 3.06. The maximum Gasteiger partial charge on any atom is 0.277 e. The molecule has 0 atom stereocenters. The van der Waals surface area contributed by atoms with Crippen LogP contribution in [0.5, 0.6) is 0 Å². The van der Waals surface area contributed by atoms with Crippen LogP contribution in [0.3, 0.4) is 0 Å². The van der Waals surface area contributed by atoms with E-state index in [1.54, 1.807) is 12.1 Å². The molecule has 0 aliphatic heterocycles. The van der Waals surface area contributed by atoms with E-state index >= 15 is 0 Å². The van der Waals surface area contributed by atoms with E-state index in [0.29, 0.717) is 11.3 Å². The molecule has 0 aliphatic carbocycles. The van der Waals surface area contributed by atoms with Gasteiger partial charge in [0.1, 0.15) is 6.07 Å². The molecule has 3 rings (SSSR count). The predicted molar refractivity (Wildman–Crippen MR) is 85.5 cm³/mol. The zero-order valence-corrected chi connectivity index (χ0v) is 12.5. The van der Waals surface area contributed by atoms with Crippen LogP contribution >= 0.6 is 11.6 Å². The van der Waals surface area contributed by atoms with Crippen molar-refractivity contribution in [2.45, 2.75) is 0 Å². The highest BCUT2D eigenvalue weighted by molar-refractivity contribution is 6.32. The average Bonchev–Trinajstić information content (AvgIpc) is 3.06. The molecule has 1 N–H and O–H groups in total. The fraction of sp³-hybridized carbons (Fsp3) is 0. The van der Waals surface area contributed by atoms with Gasteiger partial charge in [-0.3, -0.25) is 4.79 Å². The average molecular weight is 324 g/mol. The number of amides is 1. The number of nitrogens with one attached hydrogen (secondary N) is 1. The van der Waals surface area contributed by atoms with Crippen molar-refractivity contribution in [2.24, 2.45) is 0 Å². The van der Waals surface area contributed by atoms with Crippen molar-refractivity contribution >= 4 is 23.2 Å². The van der Waals surface area contributed by atoms with Crippen molar-refractivity contribution in [3.8, 4) is 11.8 Å². The van der Waals surface area contributed by atoms with Gasteiger partial charge in [0.25, 0.3) is 5.91 Å². The molecule has 23 heavy (non-hydrogen) atoms. The number of hydrogen-bond donors (Lipinski definition) is 1. The second-order valence-electron chi connectivity index (χ2n) is 4.62. The van der Waals surface area contributed by atoms with E-state index in [-0.39, 0.29) is 10.7 Å². The standard InChI is InChI=1S/C16H10ClN5O/c17-14-8-12(7-6-11(14)9-18)20-16(23)15-10-19-22(21-15)13-4-2-1-3-5-13/h1-8,10H,(H,20,23). The molecule has 3 aromatic rings. The van der Waals surface area contributed by atoms with Gasteiger partial charge in [-0.05, 0) is 30.3 Å². The largest absolute Gasteiger partial charge is 0.320 e. The minimum atomic E-state index is -0.409. The number of halogens is 1. The highest BCUT2D eigenvalue weighted by Gasteiger charge is 2.12. The number of anilines is 1. The highest BCUT2D eigenvalue weighted by Crippen LogP contribution is 2.20. The molecule has 7 heteroatoms. The smallest absolute Gasteiger partial charge is 0.277 e. The number of para-hydroxylation sites is 1. The molecule has 1 amide bonds. The fourth-order valence-electron chi connectivity index (χ4n) is 1.93.